The average Bonchev–Trinajstić information content (AvgIpc) is 3.78. The Labute approximate surface area is 302 Å². The van der Waals surface area contributed by atoms with Crippen molar-refractivity contribution in [3.8, 4) is 39.5 Å². The van der Waals surface area contributed by atoms with E-state index in [0.717, 1.165) is 27.9 Å². The Morgan fingerprint density at radius 2 is 1.06 bits per heavy atom. The van der Waals surface area contributed by atoms with Crippen molar-refractivity contribution in [1.29, 1.82) is 0 Å². The van der Waals surface area contributed by atoms with E-state index in [0.29, 0.717) is 11.5 Å². The van der Waals surface area contributed by atoms with Gasteiger partial charge in [-0.3, -0.25) is 0 Å². The summed E-state index contributed by atoms with van der Waals surface area (Å²) in [4.78, 5) is 14.8. The third-order valence-corrected chi connectivity index (χ3v) is 11.4. The molecular formula is C47H28N4S. The van der Waals surface area contributed by atoms with Crippen LogP contribution in [0.25, 0.3) is 103 Å². The summed E-state index contributed by atoms with van der Waals surface area (Å²) in [5, 5.41) is 8.69. The summed E-state index contributed by atoms with van der Waals surface area (Å²) < 4.78 is 5.05. The number of hydrogen-bond donors (Lipinski definition) is 0. The topological polar surface area (TPSA) is 43.6 Å². The molecule has 4 nitrogen and oxygen atoms in total. The highest BCUT2D eigenvalue weighted by molar-refractivity contribution is 7.27. The molecule has 0 amide bonds. The van der Waals surface area contributed by atoms with Gasteiger partial charge in [-0.1, -0.05) is 115 Å². The Balaban J connectivity index is 1.10. The van der Waals surface area contributed by atoms with Crippen LogP contribution in [-0.2, 0) is 0 Å². The van der Waals surface area contributed by atoms with Crippen LogP contribution in [0, 0.1) is 0 Å². The molecule has 0 N–H and O–H groups in total. The molecule has 0 fully saturated rings. The molecular weight excluding hydrogens is 653 g/mol. The van der Waals surface area contributed by atoms with E-state index in [4.69, 9.17) is 9.97 Å². The van der Waals surface area contributed by atoms with E-state index in [1.165, 1.54) is 63.9 Å². The molecule has 7 aromatic carbocycles. The van der Waals surface area contributed by atoms with Crippen molar-refractivity contribution in [2.75, 3.05) is 0 Å². The third kappa shape index (κ3) is 4.36. The molecule has 0 saturated carbocycles. The second-order valence-corrected chi connectivity index (χ2v) is 14.2. The first kappa shape index (κ1) is 29.1. The van der Waals surface area contributed by atoms with Gasteiger partial charge in [-0.05, 0) is 70.4 Å². The standard InChI is InChI=1S/C47H28N4S/c1-2-11-29(12-3-1)30-20-22-31(23-21-30)43-38-17-10-28-48-47(38)50-46(49-43)32-24-26-33(27-25-32)51-39-18-8-6-15-36(39)41-34-13-4-5-14-35(34)42-37-16-7-9-19-40(37)52-45(42)44(41)51/h1-28H. The van der Waals surface area contributed by atoms with Crippen LogP contribution in [0.4, 0.5) is 0 Å². The fourth-order valence-corrected chi connectivity index (χ4v) is 9.18. The predicted octanol–water partition coefficient (Wildman–Crippen LogP) is 12.6. The lowest BCUT2D eigenvalue weighted by molar-refractivity contribution is 1.17. The van der Waals surface area contributed by atoms with Crippen LogP contribution in [0.15, 0.2) is 170 Å². The van der Waals surface area contributed by atoms with E-state index >= 15 is 0 Å². The summed E-state index contributed by atoms with van der Waals surface area (Å²) in [6.45, 7) is 0. The first-order chi connectivity index (χ1) is 25.8. The fourth-order valence-electron chi connectivity index (χ4n) is 7.92. The van der Waals surface area contributed by atoms with Gasteiger partial charge in [0.2, 0.25) is 0 Å². The van der Waals surface area contributed by atoms with E-state index in [1.54, 1.807) is 6.20 Å². The normalized spacial score (nSPS) is 11.8. The monoisotopic (exact) mass is 680 g/mol. The van der Waals surface area contributed by atoms with Crippen molar-refractivity contribution in [2.24, 2.45) is 0 Å². The summed E-state index contributed by atoms with van der Waals surface area (Å²) >= 11 is 1.88. The van der Waals surface area contributed by atoms with E-state index in [9.17, 15) is 0 Å². The number of thiophene rings is 1. The zero-order chi connectivity index (χ0) is 34.2. The van der Waals surface area contributed by atoms with Crippen LogP contribution >= 0.6 is 11.3 Å². The lowest BCUT2D eigenvalue weighted by Gasteiger charge is -2.12. The van der Waals surface area contributed by atoms with Gasteiger partial charge in [-0.2, -0.15) is 0 Å². The quantitative estimate of drug-likeness (QED) is 0.186. The zero-order valence-electron chi connectivity index (χ0n) is 27.9. The lowest BCUT2D eigenvalue weighted by Crippen LogP contribution is -1.98. The molecule has 0 atom stereocenters. The number of benzene rings is 7. The second-order valence-electron chi connectivity index (χ2n) is 13.2. The van der Waals surface area contributed by atoms with Gasteiger partial charge in [0.15, 0.2) is 11.5 Å². The SMILES string of the molecule is c1ccc(-c2ccc(-c3nc(-c4ccc(-n5c6ccccc6c6c7ccccc7c7c8ccccc8sc7c65)cc4)nc4ncccc34)cc2)cc1. The lowest BCUT2D eigenvalue weighted by atomic mass is 9.99. The molecule has 0 radical (unpaired) electrons. The van der Waals surface area contributed by atoms with Crippen molar-refractivity contribution >= 4 is 75.1 Å². The summed E-state index contributed by atoms with van der Waals surface area (Å²) in [6.07, 6.45) is 1.80. The van der Waals surface area contributed by atoms with Gasteiger partial charge in [0.25, 0.3) is 0 Å². The van der Waals surface area contributed by atoms with E-state index in [2.05, 4.69) is 161 Å². The molecule has 11 rings (SSSR count). The summed E-state index contributed by atoms with van der Waals surface area (Å²) in [6, 6.07) is 58.2. The maximum atomic E-state index is 5.18. The second kappa shape index (κ2) is 11.4. The Hall–Kier alpha value is -6.69. The molecule has 0 unspecified atom stereocenters. The van der Waals surface area contributed by atoms with E-state index < -0.39 is 0 Å². The fraction of sp³-hybridized carbons (Fsp3) is 0. The summed E-state index contributed by atoms with van der Waals surface area (Å²) in [7, 11) is 0. The van der Waals surface area contributed by atoms with Gasteiger partial charge in [0.1, 0.15) is 0 Å². The number of fused-ring (bicyclic) bond motifs is 11. The average molecular weight is 681 g/mol. The van der Waals surface area contributed by atoms with Crippen LogP contribution in [0.5, 0.6) is 0 Å². The smallest absolute Gasteiger partial charge is 0.163 e. The van der Waals surface area contributed by atoms with Gasteiger partial charge in [0.05, 0.1) is 21.4 Å². The van der Waals surface area contributed by atoms with Crippen molar-refractivity contribution in [2.45, 2.75) is 0 Å². The number of para-hydroxylation sites is 1. The zero-order valence-corrected chi connectivity index (χ0v) is 28.7. The molecule has 5 heteroatoms. The number of hydrogen-bond acceptors (Lipinski definition) is 4. The molecule has 52 heavy (non-hydrogen) atoms. The largest absolute Gasteiger partial charge is 0.308 e. The van der Waals surface area contributed by atoms with Crippen molar-refractivity contribution in [1.82, 2.24) is 19.5 Å². The van der Waals surface area contributed by atoms with Crippen LogP contribution in [0.1, 0.15) is 0 Å². The molecule has 0 saturated heterocycles. The number of pyridine rings is 1. The molecule has 0 aliphatic heterocycles. The molecule has 0 spiro atoms. The number of aromatic nitrogens is 4. The molecule has 242 valence electrons. The first-order valence-corrected chi connectivity index (χ1v) is 18.3. The minimum absolute atomic E-state index is 0.653. The Morgan fingerprint density at radius 1 is 0.442 bits per heavy atom. The highest BCUT2D eigenvalue weighted by atomic mass is 32.1. The molecule has 4 aromatic heterocycles. The van der Waals surface area contributed by atoms with E-state index in [-0.39, 0.29) is 0 Å². The van der Waals surface area contributed by atoms with Gasteiger partial charge >= 0.3 is 0 Å². The highest BCUT2D eigenvalue weighted by Crippen LogP contribution is 2.47. The minimum atomic E-state index is 0.653. The first-order valence-electron chi connectivity index (χ1n) is 17.4. The predicted molar refractivity (Wildman–Crippen MR) is 218 cm³/mol. The van der Waals surface area contributed by atoms with Gasteiger partial charge in [-0.15, -0.1) is 11.3 Å². The Kier molecular flexibility index (Phi) is 6.39. The summed E-state index contributed by atoms with van der Waals surface area (Å²) in [5.74, 6) is 0.653. The van der Waals surface area contributed by atoms with Crippen LogP contribution in [0.3, 0.4) is 0 Å². The Morgan fingerprint density at radius 3 is 1.87 bits per heavy atom. The Bertz CT molecular complexity index is 3160. The minimum Gasteiger partial charge on any atom is -0.308 e. The molecule has 0 aliphatic rings. The number of rotatable bonds is 4. The van der Waals surface area contributed by atoms with Crippen LogP contribution in [0.2, 0.25) is 0 Å². The third-order valence-electron chi connectivity index (χ3n) is 10.3. The molecule has 0 bridgehead atoms. The van der Waals surface area contributed by atoms with Crippen molar-refractivity contribution < 1.29 is 0 Å². The van der Waals surface area contributed by atoms with Crippen molar-refractivity contribution in [3.05, 3.63) is 170 Å². The van der Waals surface area contributed by atoms with Crippen LogP contribution < -0.4 is 0 Å². The highest BCUT2D eigenvalue weighted by Gasteiger charge is 2.22. The van der Waals surface area contributed by atoms with Gasteiger partial charge < -0.3 is 4.57 Å². The molecule has 4 heterocycles. The van der Waals surface area contributed by atoms with Gasteiger partial charge in [0, 0.05) is 54.6 Å². The van der Waals surface area contributed by atoms with Crippen molar-refractivity contribution in [3.63, 3.8) is 0 Å². The summed E-state index contributed by atoms with van der Waals surface area (Å²) in [5.41, 5.74) is 9.41. The maximum Gasteiger partial charge on any atom is 0.163 e. The van der Waals surface area contributed by atoms with Crippen LogP contribution in [-0.4, -0.2) is 19.5 Å². The maximum absolute atomic E-state index is 5.18. The molecule has 11 aromatic rings. The van der Waals surface area contributed by atoms with E-state index in [1.807, 2.05) is 23.5 Å². The number of nitrogens with zero attached hydrogens (tertiary/aromatic N) is 4. The molecule has 0 aliphatic carbocycles. The van der Waals surface area contributed by atoms with Gasteiger partial charge in [-0.25, -0.2) is 15.0 Å².